The third-order valence-corrected chi connectivity index (χ3v) is 2.65. The lowest BCUT2D eigenvalue weighted by Crippen LogP contribution is -2.04. The van der Waals surface area contributed by atoms with Gasteiger partial charge in [-0.3, -0.25) is 10.1 Å². The number of ether oxygens (including phenoxy) is 1. The van der Waals surface area contributed by atoms with Gasteiger partial charge >= 0.3 is 0 Å². The lowest BCUT2D eigenvalue weighted by Gasteiger charge is -2.10. The minimum Gasteiger partial charge on any atom is -0.496 e. The molecule has 0 aromatic heterocycles. The van der Waals surface area contributed by atoms with E-state index in [1.807, 2.05) is 6.92 Å². The smallest absolute Gasteiger partial charge is 0.273 e. The maximum absolute atomic E-state index is 10.7. The highest BCUT2D eigenvalue weighted by Gasteiger charge is 2.15. The van der Waals surface area contributed by atoms with E-state index in [0.29, 0.717) is 23.3 Å². The normalized spacial score (nSPS) is 11.4. The molecule has 6 nitrogen and oxygen atoms in total. The van der Waals surface area contributed by atoms with Crippen molar-refractivity contribution in [3.8, 4) is 11.8 Å². The molecular formula is C13H15N3O3. The van der Waals surface area contributed by atoms with E-state index in [-0.39, 0.29) is 11.4 Å². The van der Waals surface area contributed by atoms with E-state index < -0.39 is 4.92 Å². The molecule has 0 unspecified atom stereocenters. The van der Waals surface area contributed by atoms with Crippen molar-refractivity contribution in [3.63, 3.8) is 0 Å². The van der Waals surface area contributed by atoms with Crippen molar-refractivity contribution in [1.29, 1.82) is 5.26 Å². The van der Waals surface area contributed by atoms with E-state index in [1.54, 1.807) is 0 Å². The number of nitrogens with two attached hydrogens (primary N) is 1. The van der Waals surface area contributed by atoms with Crippen LogP contribution in [0.4, 0.5) is 5.69 Å². The first-order chi connectivity index (χ1) is 9.04. The molecule has 0 saturated heterocycles. The van der Waals surface area contributed by atoms with Gasteiger partial charge in [-0.25, -0.2) is 0 Å². The Kier molecular flexibility index (Phi) is 4.89. The molecule has 0 saturated carbocycles. The zero-order valence-corrected chi connectivity index (χ0v) is 10.8. The molecule has 0 aliphatic rings. The van der Waals surface area contributed by atoms with Crippen molar-refractivity contribution in [2.75, 3.05) is 7.11 Å². The molecule has 0 aliphatic heterocycles. The van der Waals surface area contributed by atoms with Crippen molar-refractivity contribution >= 4 is 11.4 Å². The summed E-state index contributed by atoms with van der Waals surface area (Å²) in [6.07, 6.45) is 1.35. The maximum Gasteiger partial charge on any atom is 0.273 e. The zero-order chi connectivity index (χ0) is 14.4. The topological polar surface area (TPSA) is 102 Å². The number of nitro groups is 1. The van der Waals surface area contributed by atoms with Gasteiger partial charge in [0.05, 0.1) is 35.4 Å². The molecule has 0 fully saturated rings. The Morgan fingerprint density at radius 2 is 2.26 bits per heavy atom. The summed E-state index contributed by atoms with van der Waals surface area (Å²) in [4.78, 5) is 10.2. The number of methoxy groups -OCH3 is 1. The van der Waals surface area contributed by atoms with Gasteiger partial charge in [0.2, 0.25) is 0 Å². The minimum absolute atomic E-state index is 0.0811. The van der Waals surface area contributed by atoms with Crippen LogP contribution in [0, 0.1) is 21.4 Å². The summed E-state index contributed by atoms with van der Waals surface area (Å²) < 4.78 is 5.10. The summed E-state index contributed by atoms with van der Waals surface area (Å²) >= 11 is 0. The van der Waals surface area contributed by atoms with E-state index in [1.165, 1.54) is 25.3 Å². The average molecular weight is 261 g/mol. The van der Waals surface area contributed by atoms with Gasteiger partial charge in [-0.05, 0) is 12.5 Å². The molecule has 1 rings (SSSR count). The molecule has 2 N–H and O–H groups in total. The van der Waals surface area contributed by atoms with Crippen LogP contribution in [0.1, 0.15) is 25.3 Å². The lowest BCUT2D eigenvalue weighted by atomic mass is 10.0. The molecule has 0 heterocycles. The standard InChI is InChI=1S/C13H15N3O3/c1-3-4-9(8-14)13(15)11-6-5-10(16(17)18)7-12(11)19-2/h5-7H,3-4,15H2,1-2H3/b13-9-. The Bertz CT molecular complexity index is 559. The first kappa shape index (κ1) is 14.5. The number of nitrogens with zero attached hydrogens (tertiary/aromatic N) is 2. The molecule has 0 atom stereocenters. The number of benzene rings is 1. The Morgan fingerprint density at radius 3 is 2.74 bits per heavy atom. The number of hydrogen-bond acceptors (Lipinski definition) is 5. The van der Waals surface area contributed by atoms with Crippen LogP contribution in [-0.4, -0.2) is 12.0 Å². The molecule has 0 radical (unpaired) electrons. The highest BCUT2D eigenvalue weighted by Crippen LogP contribution is 2.30. The number of non-ortho nitro benzene ring substituents is 1. The Balaban J connectivity index is 3.35. The van der Waals surface area contributed by atoms with E-state index >= 15 is 0 Å². The monoisotopic (exact) mass is 261 g/mol. The maximum atomic E-state index is 10.7. The van der Waals surface area contributed by atoms with Crippen molar-refractivity contribution in [1.82, 2.24) is 0 Å². The summed E-state index contributed by atoms with van der Waals surface area (Å²) in [5.74, 6) is 0.288. The Labute approximate surface area is 111 Å². The predicted molar refractivity (Wildman–Crippen MR) is 71.3 cm³/mol. The van der Waals surface area contributed by atoms with E-state index in [2.05, 4.69) is 6.07 Å². The van der Waals surface area contributed by atoms with Crippen molar-refractivity contribution in [3.05, 3.63) is 39.4 Å². The van der Waals surface area contributed by atoms with Crippen molar-refractivity contribution < 1.29 is 9.66 Å². The molecule has 6 heteroatoms. The molecule has 0 aliphatic carbocycles. The van der Waals surface area contributed by atoms with E-state index in [4.69, 9.17) is 15.7 Å². The minimum atomic E-state index is -0.510. The first-order valence-corrected chi connectivity index (χ1v) is 5.76. The SMILES string of the molecule is CCC/C(C#N)=C(/N)c1ccc([N+](=O)[O-])cc1OC. The fraction of sp³-hybridized carbons (Fsp3) is 0.308. The third kappa shape index (κ3) is 3.22. The molecule has 0 spiro atoms. The van der Waals surface area contributed by atoms with Gasteiger partial charge in [0.15, 0.2) is 0 Å². The second-order valence-electron chi connectivity index (χ2n) is 3.90. The quantitative estimate of drug-likeness (QED) is 0.498. The molecule has 1 aromatic carbocycles. The number of hydrogen-bond donors (Lipinski definition) is 1. The third-order valence-electron chi connectivity index (χ3n) is 2.65. The largest absolute Gasteiger partial charge is 0.496 e. The van der Waals surface area contributed by atoms with Gasteiger partial charge in [0.1, 0.15) is 5.75 Å². The summed E-state index contributed by atoms with van der Waals surface area (Å²) in [6, 6.07) is 6.19. The van der Waals surface area contributed by atoms with E-state index in [9.17, 15) is 10.1 Å². The number of allylic oxidation sites excluding steroid dienone is 1. The number of nitro benzene ring substituents is 1. The average Bonchev–Trinajstić information content (AvgIpc) is 2.43. The Morgan fingerprint density at radius 1 is 1.58 bits per heavy atom. The van der Waals surface area contributed by atoms with Crippen molar-refractivity contribution in [2.24, 2.45) is 5.73 Å². The van der Waals surface area contributed by atoms with Crippen LogP contribution < -0.4 is 10.5 Å². The first-order valence-electron chi connectivity index (χ1n) is 5.76. The van der Waals surface area contributed by atoms with Gasteiger partial charge < -0.3 is 10.5 Å². The van der Waals surface area contributed by atoms with E-state index in [0.717, 1.165) is 6.42 Å². The number of nitriles is 1. The summed E-state index contributed by atoms with van der Waals surface area (Å²) in [5.41, 5.74) is 7.12. The molecule has 19 heavy (non-hydrogen) atoms. The molecular weight excluding hydrogens is 246 g/mol. The van der Waals surface area contributed by atoms with Gasteiger partial charge in [0.25, 0.3) is 5.69 Å². The summed E-state index contributed by atoms with van der Waals surface area (Å²) in [7, 11) is 1.40. The highest BCUT2D eigenvalue weighted by atomic mass is 16.6. The van der Waals surface area contributed by atoms with Crippen LogP contribution in [0.3, 0.4) is 0 Å². The van der Waals surface area contributed by atoms with Gasteiger partial charge in [0, 0.05) is 11.6 Å². The lowest BCUT2D eigenvalue weighted by molar-refractivity contribution is -0.384. The molecule has 0 amide bonds. The number of rotatable bonds is 5. The van der Waals surface area contributed by atoms with Crippen LogP contribution in [0.15, 0.2) is 23.8 Å². The molecule has 0 bridgehead atoms. The second-order valence-corrected chi connectivity index (χ2v) is 3.90. The van der Waals surface area contributed by atoms with Crippen LogP contribution in [0.25, 0.3) is 5.70 Å². The van der Waals surface area contributed by atoms with Crippen LogP contribution in [-0.2, 0) is 0 Å². The van der Waals surface area contributed by atoms with Gasteiger partial charge in [-0.2, -0.15) is 5.26 Å². The predicted octanol–water partition coefficient (Wildman–Crippen LogP) is 2.60. The van der Waals surface area contributed by atoms with Crippen LogP contribution >= 0.6 is 0 Å². The summed E-state index contributed by atoms with van der Waals surface area (Å²) in [6.45, 7) is 1.94. The highest BCUT2D eigenvalue weighted by molar-refractivity contribution is 5.74. The van der Waals surface area contributed by atoms with Crippen LogP contribution in [0.2, 0.25) is 0 Å². The molecule has 1 aromatic rings. The fourth-order valence-electron chi connectivity index (χ4n) is 1.68. The van der Waals surface area contributed by atoms with Crippen LogP contribution in [0.5, 0.6) is 5.75 Å². The van der Waals surface area contributed by atoms with Gasteiger partial charge in [-0.15, -0.1) is 0 Å². The summed E-state index contributed by atoms with van der Waals surface area (Å²) in [5, 5.41) is 19.8. The zero-order valence-electron chi connectivity index (χ0n) is 10.8. The molecule has 100 valence electrons. The Hall–Kier alpha value is -2.55. The fourth-order valence-corrected chi connectivity index (χ4v) is 1.68. The van der Waals surface area contributed by atoms with Gasteiger partial charge in [-0.1, -0.05) is 13.3 Å². The second kappa shape index (κ2) is 6.40. The van der Waals surface area contributed by atoms with Crippen molar-refractivity contribution in [2.45, 2.75) is 19.8 Å².